The number of hydrogen-bond acceptors (Lipinski definition) is 3. The van der Waals surface area contributed by atoms with E-state index in [9.17, 15) is 9.18 Å². The Kier molecular flexibility index (Phi) is 4.13. The largest absolute Gasteiger partial charge is 0.457 e. The van der Waals surface area contributed by atoms with Crippen molar-refractivity contribution in [2.24, 2.45) is 7.05 Å². The molecule has 0 saturated heterocycles. The lowest BCUT2D eigenvalue weighted by Crippen LogP contribution is -1.99. The maximum Gasteiger partial charge on any atom is 0.191 e. The fraction of sp³-hybridized carbons (Fsp3) is 0.0833. The number of rotatable bonds is 4. The van der Waals surface area contributed by atoms with Gasteiger partial charge in [0.25, 0.3) is 0 Å². The van der Waals surface area contributed by atoms with Gasteiger partial charge in [-0.3, -0.25) is 4.79 Å². The number of halogens is 1. The first-order valence-electron chi connectivity index (χ1n) is 9.54. The number of imidazole rings is 1. The first kappa shape index (κ1) is 18.1. The van der Waals surface area contributed by atoms with Crippen molar-refractivity contribution in [3.8, 4) is 11.3 Å². The summed E-state index contributed by atoms with van der Waals surface area (Å²) < 4.78 is 23.4. The zero-order chi connectivity index (χ0) is 20.8. The van der Waals surface area contributed by atoms with E-state index in [1.807, 2.05) is 42.8 Å². The molecular formula is C24H18FN3O2. The molecular weight excluding hydrogens is 381 g/mol. The highest BCUT2D eigenvalue weighted by atomic mass is 19.1. The van der Waals surface area contributed by atoms with Crippen molar-refractivity contribution in [2.75, 3.05) is 0 Å². The molecule has 5 nitrogen and oxygen atoms in total. The first-order valence-corrected chi connectivity index (χ1v) is 9.54. The normalized spacial score (nSPS) is 11.8. The minimum absolute atomic E-state index is 0.169. The SMILES string of the molecule is Cc1nn2c3ccccc3n(C)c2c1C(=O)/C=C/c1ccc(-c2ccccc2F)o1. The van der Waals surface area contributed by atoms with Gasteiger partial charge in [0, 0.05) is 7.05 Å². The van der Waals surface area contributed by atoms with Gasteiger partial charge >= 0.3 is 0 Å². The Bertz CT molecular complexity index is 1450. The highest BCUT2D eigenvalue weighted by Gasteiger charge is 2.21. The van der Waals surface area contributed by atoms with Crippen LogP contribution in [-0.4, -0.2) is 20.0 Å². The number of benzene rings is 2. The molecule has 0 atom stereocenters. The van der Waals surface area contributed by atoms with Crippen LogP contribution in [0.15, 0.2) is 71.2 Å². The van der Waals surface area contributed by atoms with Gasteiger partial charge < -0.3 is 8.98 Å². The van der Waals surface area contributed by atoms with Crippen LogP contribution in [0.3, 0.4) is 0 Å². The monoisotopic (exact) mass is 399 g/mol. The van der Waals surface area contributed by atoms with Crippen LogP contribution in [0.25, 0.3) is 34.1 Å². The van der Waals surface area contributed by atoms with Crippen LogP contribution in [0.1, 0.15) is 21.8 Å². The molecule has 0 saturated carbocycles. The number of nitrogens with zero attached hydrogens (tertiary/aromatic N) is 3. The van der Waals surface area contributed by atoms with Gasteiger partial charge in [0.1, 0.15) is 23.0 Å². The highest BCUT2D eigenvalue weighted by Crippen LogP contribution is 2.27. The number of furan rings is 1. The Morgan fingerprint density at radius 3 is 2.57 bits per heavy atom. The zero-order valence-electron chi connectivity index (χ0n) is 16.5. The Morgan fingerprint density at radius 2 is 1.77 bits per heavy atom. The minimum atomic E-state index is -0.355. The molecule has 148 valence electrons. The van der Waals surface area contributed by atoms with E-state index in [1.54, 1.807) is 40.9 Å². The number of ketones is 1. The maximum atomic E-state index is 14.0. The summed E-state index contributed by atoms with van der Waals surface area (Å²) >= 11 is 0. The van der Waals surface area contributed by atoms with E-state index in [1.165, 1.54) is 12.1 Å². The molecule has 0 aliphatic rings. The average molecular weight is 399 g/mol. The zero-order valence-corrected chi connectivity index (χ0v) is 16.5. The second-order valence-corrected chi connectivity index (χ2v) is 7.12. The van der Waals surface area contributed by atoms with Crippen molar-refractivity contribution in [2.45, 2.75) is 6.92 Å². The molecule has 0 radical (unpaired) electrons. The summed E-state index contributed by atoms with van der Waals surface area (Å²) in [5.74, 6) is 0.363. The van der Waals surface area contributed by atoms with Crippen LogP contribution in [0, 0.1) is 12.7 Å². The van der Waals surface area contributed by atoms with Crippen molar-refractivity contribution in [3.63, 3.8) is 0 Å². The molecule has 2 aromatic carbocycles. The third kappa shape index (κ3) is 2.76. The van der Waals surface area contributed by atoms with Crippen molar-refractivity contribution in [1.29, 1.82) is 0 Å². The van der Waals surface area contributed by atoms with Crippen molar-refractivity contribution >= 4 is 28.5 Å². The lowest BCUT2D eigenvalue weighted by Gasteiger charge is -1.99. The van der Waals surface area contributed by atoms with E-state index < -0.39 is 0 Å². The summed E-state index contributed by atoms with van der Waals surface area (Å²) in [6, 6.07) is 17.7. The van der Waals surface area contributed by atoms with E-state index in [-0.39, 0.29) is 11.6 Å². The molecule has 3 heterocycles. The van der Waals surface area contributed by atoms with Crippen LogP contribution in [0.2, 0.25) is 0 Å². The fourth-order valence-electron chi connectivity index (χ4n) is 3.81. The van der Waals surface area contributed by atoms with Gasteiger partial charge in [-0.25, -0.2) is 8.91 Å². The maximum absolute atomic E-state index is 14.0. The average Bonchev–Trinajstić information content (AvgIpc) is 3.42. The van der Waals surface area contributed by atoms with Gasteiger partial charge in [0.05, 0.1) is 27.9 Å². The van der Waals surface area contributed by atoms with E-state index in [0.717, 1.165) is 16.7 Å². The molecule has 0 unspecified atom stereocenters. The quantitative estimate of drug-likeness (QED) is 0.299. The predicted molar refractivity (Wildman–Crippen MR) is 114 cm³/mol. The molecule has 5 rings (SSSR count). The number of fused-ring (bicyclic) bond motifs is 3. The summed E-state index contributed by atoms with van der Waals surface area (Å²) in [5.41, 5.74) is 4.28. The predicted octanol–water partition coefficient (Wildman–Crippen LogP) is 5.43. The molecule has 5 aromatic rings. The highest BCUT2D eigenvalue weighted by molar-refractivity contribution is 6.12. The number of para-hydroxylation sites is 2. The lowest BCUT2D eigenvalue weighted by molar-refractivity contribution is 0.104. The molecule has 0 aliphatic heterocycles. The summed E-state index contributed by atoms with van der Waals surface area (Å²) in [6.45, 7) is 1.83. The summed E-state index contributed by atoms with van der Waals surface area (Å²) in [4.78, 5) is 13.0. The molecule has 30 heavy (non-hydrogen) atoms. The molecule has 0 spiro atoms. The molecule has 3 aromatic heterocycles. The van der Waals surface area contributed by atoms with Gasteiger partial charge in [-0.15, -0.1) is 0 Å². The number of aryl methyl sites for hydroxylation is 2. The third-order valence-corrected chi connectivity index (χ3v) is 5.24. The van der Waals surface area contributed by atoms with Gasteiger partial charge in [-0.05, 0) is 55.5 Å². The fourth-order valence-corrected chi connectivity index (χ4v) is 3.81. The topological polar surface area (TPSA) is 52.4 Å². The number of aromatic nitrogens is 3. The molecule has 6 heteroatoms. The van der Waals surface area contributed by atoms with Crippen LogP contribution in [0.5, 0.6) is 0 Å². The smallest absolute Gasteiger partial charge is 0.191 e. The van der Waals surface area contributed by atoms with E-state index in [2.05, 4.69) is 5.10 Å². The Hall–Kier alpha value is -3.93. The standard InChI is InChI=1S/C24H18FN3O2/c1-15-23(24-27(2)19-9-5-6-10-20(19)28(24)26-15)21(29)13-11-16-12-14-22(30-16)17-7-3-4-8-18(17)25/h3-14H,1-2H3/b13-11+. The number of allylic oxidation sites excluding steroid dienone is 1. The molecule has 0 N–H and O–H groups in total. The van der Waals surface area contributed by atoms with Gasteiger partial charge in [0.2, 0.25) is 0 Å². The molecule has 0 bridgehead atoms. The van der Waals surface area contributed by atoms with Gasteiger partial charge in [-0.2, -0.15) is 5.10 Å². The summed E-state index contributed by atoms with van der Waals surface area (Å²) in [5, 5.41) is 4.57. The van der Waals surface area contributed by atoms with Crippen LogP contribution < -0.4 is 0 Å². The van der Waals surface area contributed by atoms with Gasteiger partial charge in [0.15, 0.2) is 5.78 Å². The summed E-state index contributed by atoms with van der Waals surface area (Å²) in [6.07, 6.45) is 3.06. The minimum Gasteiger partial charge on any atom is -0.457 e. The van der Waals surface area contributed by atoms with E-state index >= 15 is 0 Å². The first-order chi connectivity index (χ1) is 14.5. The number of carbonyl (C=O) groups excluding carboxylic acids is 1. The second kappa shape index (κ2) is 6.84. The molecule has 0 amide bonds. The van der Waals surface area contributed by atoms with Crippen LogP contribution >= 0.6 is 0 Å². The molecule has 0 aliphatic carbocycles. The van der Waals surface area contributed by atoms with E-state index in [0.29, 0.717) is 28.3 Å². The van der Waals surface area contributed by atoms with Crippen molar-refractivity contribution in [1.82, 2.24) is 14.2 Å². The van der Waals surface area contributed by atoms with Crippen LogP contribution in [-0.2, 0) is 7.05 Å². The van der Waals surface area contributed by atoms with E-state index in [4.69, 9.17) is 4.42 Å². The van der Waals surface area contributed by atoms with Crippen LogP contribution in [0.4, 0.5) is 4.39 Å². The van der Waals surface area contributed by atoms with Crippen molar-refractivity contribution in [3.05, 3.63) is 89.6 Å². The summed E-state index contributed by atoms with van der Waals surface area (Å²) in [7, 11) is 1.92. The van der Waals surface area contributed by atoms with Gasteiger partial charge in [-0.1, -0.05) is 24.3 Å². The van der Waals surface area contributed by atoms with Crippen molar-refractivity contribution < 1.29 is 13.6 Å². The Labute approximate surface area is 171 Å². The number of carbonyl (C=O) groups is 1. The Balaban J connectivity index is 1.50. The molecule has 0 fully saturated rings. The third-order valence-electron chi connectivity index (χ3n) is 5.24. The Morgan fingerprint density at radius 1 is 1.03 bits per heavy atom. The number of hydrogen-bond donors (Lipinski definition) is 0. The lowest BCUT2D eigenvalue weighted by atomic mass is 10.1. The second-order valence-electron chi connectivity index (χ2n) is 7.12.